The maximum Gasteiger partial charge on any atom is 0.269 e. The van der Waals surface area contributed by atoms with Crippen molar-refractivity contribution in [1.82, 2.24) is 0 Å². The molecule has 0 N–H and O–H groups in total. The fraction of sp³-hybridized carbons (Fsp3) is 0. The summed E-state index contributed by atoms with van der Waals surface area (Å²) in [6, 6.07) is 12.7. The number of hydrogen-bond donors (Lipinski definition) is 0. The second-order valence-corrected chi connectivity index (χ2v) is 4.68. The highest BCUT2D eigenvalue weighted by atomic mass is 16.6. The zero-order chi connectivity index (χ0) is 16.2. The van der Waals surface area contributed by atoms with Gasteiger partial charge in [0.15, 0.2) is 5.76 Å². The number of benzene rings is 1. The van der Waals surface area contributed by atoms with E-state index in [2.05, 4.69) is 0 Å². The van der Waals surface area contributed by atoms with E-state index in [1.807, 2.05) is 0 Å². The van der Waals surface area contributed by atoms with Crippen molar-refractivity contribution in [2.24, 2.45) is 0 Å². The van der Waals surface area contributed by atoms with Gasteiger partial charge in [-0.25, -0.2) is 0 Å². The first kappa shape index (κ1) is 14.5. The first-order chi connectivity index (χ1) is 11.1. The Balaban J connectivity index is 1.75. The number of nitro benzene ring substituents is 1. The zero-order valence-corrected chi connectivity index (χ0v) is 11.8. The molecule has 2 heterocycles. The molecule has 6 nitrogen and oxygen atoms in total. The topological polar surface area (TPSA) is 86.5 Å². The molecular weight excluding hydrogens is 298 g/mol. The van der Waals surface area contributed by atoms with Gasteiger partial charge in [0.2, 0.25) is 5.78 Å². The van der Waals surface area contributed by atoms with Crippen LogP contribution in [-0.2, 0) is 0 Å². The number of non-ortho nitro benzene ring substituents is 1. The maximum absolute atomic E-state index is 11.8. The summed E-state index contributed by atoms with van der Waals surface area (Å²) in [5.41, 5.74) is 0.733. The van der Waals surface area contributed by atoms with Crippen molar-refractivity contribution in [2.75, 3.05) is 0 Å². The third-order valence-electron chi connectivity index (χ3n) is 3.15. The van der Waals surface area contributed by atoms with Crippen molar-refractivity contribution in [3.8, 4) is 11.3 Å². The Kier molecular flexibility index (Phi) is 3.88. The van der Waals surface area contributed by atoms with Gasteiger partial charge in [0.1, 0.15) is 11.5 Å². The zero-order valence-electron chi connectivity index (χ0n) is 11.8. The molecule has 2 aromatic heterocycles. The molecule has 0 bridgehead atoms. The second kappa shape index (κ2) is 6.15. The molecule has 1 aromatic carbocycles. The third-order valence-corrected chi connectivity index (χ3v) is 3.15. The highest BCUT2D eigenvalue weighted by Gasteiger charge is 2.08. The number of rotatable bonds is 5. The van der Waals surface area contributed by atoms with Crippen molar-refractivity contribution in [3.63, 3.8) is 0 Å². The lowest BCUT2D eigenvalue weighted by molar-refractivity contribution is -0.384. The predicted molar refractivity (Wildman–Crippen MR) is 82.9 cm³/mol. The Morgan fingerprint density at radius 3 is 2.52 bits per heavy atom. The Labute approximate surface area is 130 Å². The van der Waals surface area contributed by atoms with Gasteiger partial charge in [0.05, 0.1) is 11.2 Å². The van der Waals surface area contributed by atoms with Crippen LogP contribution in [0.4, 0.5) is 5.69 Å². The number of nitrogens with zero attached hydrogens (tertiary/aromatic N) is 1. The minimum atomic E-state index is -0.458. The number of furan rings is 2. The van der Waals surface area contributed by atoms with Crippen LogP contribution in [0, 0.1) is 10.1 Å². The predicted octanol–water partition coefficient (Wildman–Crippen LogP) is 4.34. The molecular formula is C17H11NO5. The Bertz CT molecular complexity index is 857. The van der Waals surface area contributed by atoms with Crippen LogP contribution in [0.3, 0.4) is 0 Å². The number of allylic oxidation sites excluding steroid dienone is 1. The fourth-order valence-electron chi connectivity index (χ4n) is 2.00. The summed E-state index contributed by atoms with van der Waals surface area (Å²) < 4.78 is 10.6. The van der Waals surface area contributed by atoms with E-state index < -0.39 is 4.92 Å². The SMILES string of the molecule is O=C(/C=C/c1ccc(-c2ccc([N+](=O)[O-])cc2)o1)c1ccco1. The van der Waals surface area contributed by atoms with Gasteiger partial charge in [0.25, 0.3) is 5.69 Å². The summed E-state index contributed by atoms with van der Waals surface area (Å²) in [6.45, 7) is 0. The van der Waals surface area contributed by atoms with E-state index in [9.17, 15) is 14.9 Å². The second-order valence-electron chi connectivity index (χ2n) is 4.68. The molecule has 0 spiro atoms. The molecule has 0 aliphatic heterocycles. The van der Waals surface area contributed by atoms with E-state index in [0.717, 1.165) is 0 Å². The minimum absolute atomic E-state index is 0.0180. The normalized spacial score (nSPS) is 11.0. The van der Waals surface area contributed by atoms with Crippen molar-refractivity contribution < 1.29 is 18.6 Å². The van der Waals surface area contributed by atoms with Gasteiger partial charge in [-0.15, -0.1) is 0 Å². The standard InChI is InChI=1S/C17H11NO5/c19-15(17-2-1-11-22-17)9-7-14-8-10-16(23-14)12-3-5-13(6-4-12)18(20)21/h1-11H/b9-7+. The molecule has 0 unspecified atom stereocenters. The van der Waals surface area contributed by atoms with Crippen molar-refractivity contribution >= 4 is 17.5 Å². The van der Waals surface area contributed by atoms with Crippen LogP contribution in [0.15, 0.2) is 69.7 Å². The molecule has 0 aliphatic carbocycles. The lowest BCUT2D eigenvalue weighted by atomic mass is 10.1. The van der Waals surface area contributed by atoms with Crippen LogP contribution in [-0.4, -0.2) is 10.7 Å². The highest BCUT2D eigenvalue weighted by molar-refractivity contribution is 6.04. The smallest absolute Gasteiger partial charge is 0.269 e. The molecule has 0 radical (unpaired) electrons. The maximum atomic E-state index is 11.8. The van der Waals surface area contributed by atoms with Crippen LogP contribution < -0.4 is 0 Å². The average molecular weight is 309 g/mol. The molecule has 6 heteroatoms. The molecule has 0 aliphatic rings. The van der Waals surface area contributed by atoms with E-state index in [-0.39, 0.29) is 17.2 Å². The highest BCUT2D eigenvalue weighted by Crippen LogP contribution is 2.25. The first-order valence-corrected chi connectivity index (χ1v) is 6.74. The van der Waals surface area contributed by atoms with Gasteiger partial charge in [-0.3, -0.25) is 14.9 Å². The van der Waals surface area contributed by atoms with Crippen LogP contribution in [0.5, 0.6) is 0 Å². The molecule has 0 saturated heterocycles. The van der Waals surface area contributed by atoms with Gasteiger partial charge >= 0.3 is 0 Å². The summed E-state index contributed by atoms with van der Waals surface area (Å²) >= 11 is 0. The Morgan fingerprint density at radius 1 is 1.09 bits per heavy atom. The summed E-state index contributed by atoms with van der Waals surface area (Å²) in [7, 11) is 0. The van der Waals surface area contributed by atoms with E-state index in [1.165, 1.54) is 24.5 Å². The fourth-order valence-corrected chi connectivity index (χ4v) is 2.00. The van der Waals surface area contributed by atoms with Crippen LogP contribution in [0.25, 0.3) is 17.4 Å². The molecule has 3 rings (SSSR count). The lowest BCUT2D eigenvalue weighted by Gasteiger charge is -1.96. The summed E-state index contributed by atoms with van der Waals surface area (Å²) in [4.78, 5) is 21.9. The Morgan fingerprint density at radius 2 is 1.87 bits per heavy atom. The van der Waals surface area contributed by atoms with Crippen LogP contribution in [0.1, 0.15) is 16.3 Å². The van der Waals surface area contributed by atoms with Gasteiger partial charge in [-0.1, -0.05) is 0 Å². The van der Waals surface area contributed by atoms with Crippen molar-refractivity contribution in [2.45, 2.75) is 0 Å². The first-order valence-electron chi connectivity index (χ1n) is 6.74. The Hall–Kier alpha value is -3.41. The third kappa shape index (κ3) is 3.26. The van der Waals surface area contributed by atoms with Gasteiger partial charge in [-0.05, 0) is 48.6 Å². The van der Waals surface area contributed by atoms with E-state index >= 15 is 0 Å². The van der Waals surface area contributed by atoms with E-state index in [0.29, 0.717) is 17.1 Å². The van der Waals surface area contributed by atoms with E-state index in [4.69, 9.17) is 8.83 Å². The number of carbonyl (C=O) groups is 1. The molecule has 0 saturated carbocycles. The largest absolute Gasteiger partial charge is 0.461 e. The molecule has 0 amide bonds. The average Bonchev–Trinajstić information content (AvgIpc) is 3.24. The molecule has 0 fully saturated rings. The molecule has 23 heavy (non-hydrogen) atoms. The minimum Gasteiger partial charge on any atom is -0.461 e. The number of carbonyl (C=O) groups excluding carboxylic acids is 1. The summed E-state index contributed by atoms with van der Waals surface area (Å²) in [5, 5.41) is 10.6. The molecule has 3 aromatic rings. The number of hydrogen-bond acceptors (Lipinski definition) is 5. The summed E-state index contributed by atoms with van der Waals surface area (Å²) in [6.07, 6.45) is 4.33. The monoisotopic (exact) mass is 309 g/mol. The molecule has 114 valence electrons. The van der Waals surface area contributed by atoms with Gasteiger partial charge in [0, 0.05) is 17.7 Å². The lowest BCUT2D eigenvalue weighted by Crippen LogP contribution is -1.89. The quantitative estimate of drug-likeness (QED) is 0.303. The number of nitro groups is 1. The van der Waals surface area contributed by atoms with Gasteiger partial charge < -0.3 is 8.83 Å². The van der Waals surface area contributed by atoms with Crippen molar-refractivity contribution in [1.29, 1.82) is 0 Å². The number of ketones is 1. The summed E-state index contributed by atoms with van der Waals surface area (Å²) in [5.74, 6) is 1.05. The van der Waals surface area contributed by atoms with Crippen LogP contribution in [0.2, 0.25) is 0 Å². The van der Waals surface area contributed by atoms with E-state index in [1.54, 1.807) is 42.5 Å². The molecule has 0 atom stereocenters. The van der Waals surface area contributed by atoms with Gasteiger partial charge in [-0.2, -0.15) is 0 Å². The van der Waals surface area contributed by atoms with Crippen molar-refractivity contribution in [3.05, 3.63) is 82.5 Å². The van der Waals surface area contributed by atoms with Crippen LogP contribution >= 0.6 is 0 Å².